The van der Waals surface area contributed by atoms with Gasteiger partial charge in [-0.05, 0) is 57.9 Å². The quantitative estimate of drug-likeness (QED) is 0.448. The van der Waals surface area contributed by atoms with E-state index in [4.69, 9.17) is 9.47 Å². The number of carbonyl (C=O) groups excluding carboxylic acids is 1. The number of amides is 1. The van der Waals surface area contributed by atoms with E-state index in [9.17, 15) is 10.1 Å². The van der Waals surface area contributed by atoms with Crippen LogP contribution < -0.4 is 24.6 Å². The number of aromatic nitrogens is 3. The number of benzene rings is 1. The van der Waals surface area contributed by atoms with E-state index in [1.165, 1.54) is 0 Å². The standard InChI is InChI=1S/C30H34N7O3/c1-6-32-23-10-8-21(16-31)35-26(23)19-11-13-36(14-12-19)27-25-28(34-18-33-27)37(29(38)30(25,2)3)17-20-7-9-22(39-4)15-24(20)40-5/h7-10,15,18-19,32H,1,6,11-14,17H2,2-5H3. The van der Waals surface area contributed by atoms with Crippen molar-refractivity contribution in [2.24, 2.45) is 0 Å². The van der Waals surface area contributed by atoms with Crippen molar-refractivity contribution >= 4 is 23.2 Å². The van der Waals surface area contributed by atoms with Crippen LogP contribution >= 0.6 is 0 Å². The van der Waals surface area contributed by atoms with Gasteiger partial charge < -0.3 is 19.7 Å². The number of fused-ring (bicyclic) bond motifs is 1. The number of pyridine rings is 1. The molecular weight excluding hydrogens is 506 g/mol. The van der Waals surface area contributed by atoms with Gasteiger partial charge in [0.25, 0.3) is 0 Å². The first-order valence-electron chi connectivity index (χ1n) is 13.4. The summed E-state index contributed by atoms with van der Waals surface area (Å²) in [6.45, 7) is 10.1. The third kappa shape index (κ3) is 4.76. The SMILES string of the molecule is [CH2]CNc1ccc(C#N)nc1C1CCN(c2ncnc3c2C(C)(C)C(=O)N3Cc2ccc(OC)cc2OC)CC1. The summed E-state index contributed by atoms with van der Waals surface area (Å²) >= 11 is 0. The van der Waals surface area contributed by atoms with Crippen LogP contribution in [-0.4, -0.2) is 54.7 Å². The van der Waals surface area contributed by atoms with Gasteiger partial charge in [0, 0.05) is 37.2 Å². The highest BCUT2D eigenvalue weighted by atomic mass is 16.5. The minimum Gasteiger partial charge on any atom is -0.497 e. The minimum absolute atomic E-state index is 0.0292. The first-order chi connectivity index (χ1) is 19.3. The number of carbonyl (C=O) groups is 1. The number of piperidine rings is 1. The molecule has 0 spiro atoms. The molecule has 1 fully saturated rings. The van der Waals surface area contributed by atoms with Crippen LogP contribution in [0.4, 0.5) is 17.3 Å². The zero-order valence-electron chi connectivity index (χ0n) is 23.4. The number of nitriles is 1. The number of hydrogen-bond donors (Lipinski definition) is 1. The molecule has 1 aromatic carbocycles. The molecule has 0 atom stereocenters. The Labute approximate surface area is 235 Å². The Kier molecular flexibility index (Phi) is 7.48. The van der Waals surface area contributed by atoms with Gasteiger partial charge in [0.1, 0.15) is 41.2 Å². The van der Waals surface area contributed by atoms with E-state index in [1.54, 1.807) is 31.5 Å². The summed E-state index contributed by atoms with van der Waals surface area (Å²) in [5.74, 6) is 2.93. The molecule has 207 valence electrons. The highest BCUT2D eigenvalue weighted by Crippen LogP contribution is 2.46. The molecule has 2 aromatic heterocycles. The lowest BCUT2D eigenvalue weighted by Gasteiger charge is -2.35. The van der Waals surface area contributed by atoms with Gasteiger partial charge in [-0.3, -0.25) is 9.69 Å². The Hall–Kier alpha value is -4.39. The zero-order valence-corrected chi connectivity index (χ0v) is 23.4. The summed E-state index contributed by atoms with van der Waals surface area (Å²) in [6.07, 6.45) is 3.22. The summed E-state index contributed by atoms with van der Waals surface area (Å²) in [4.78, 5) is 31.6. The number of rotatable bonds is 8. The lowest BCUT2D eigenvalue weighted by atomic mass is 9.86. The van der Waals surface area contributed by atoms with E-state index in [-0.39, 0.29) is 11.8 Å². The predicted molar refractivity (Wildman–Crippen MR) is 153 cm³/mol. The summed E-state index contributed by atoms with van der Waals surface area (Å²) < 4.78 is 10.9. The largest absolute Gasteiger partial charge is 0.497 e. The molecule has 0 aliphatic carbocycles. The topological polar surface area (TPSA) is 117 Å². The van der Waals surface area contributed by atoms with Gasteiger partial charge >= 0.3 is 0 Å². The maximum atomic E-state index is 13.8. The molecule has 0 bridgehead atoms. The van der Waals surface area contributed by atoms with Crippen LogP contribution in [0.15, 0.2) is 36.7 Å². The smallest absolute Gasteiger partial charge is 0.238 e. The first-order valence-corrected chi connectivity index (χ1v) is 13.4. The average molecular weight is 541 g/mol. The van der Waals surface area contributed by atoms with Gasteiger partial charge in [-0.15, -0.1) is 0 Å². The number of nitrogens with zero attached hydrogens (tertiary/aromatic N) is 6. The third-order valence-electron chi connectivity index (χ3n) is 7.83. The maximum absolute atomic E-state index is 13.8. The van der Waals surface area contributed by atoms with Crippen molar-refractivity contribution in [1.82, 2.24) is 15.0 Å². The monoisotopic (exact) mass is 540 g/mol. The van der Waals surface area contributed by atoms with Crippen molar-refractivity contribution in [2.75, 3.05) is 49.0 Å². The molecule has 4 heterocycles. The molecule has 40 heavy (non-hydrogen) atoms. The van der Waals surface area contributed by atoms with Crippen molar-refractivity contribution < 1.29 is 14.3 Å². The van der Waals surface area contributed by atoms with Crippen LogP contribution in [0.25, 0.3) is 0 Å². The molecule has 1 radical (unpaired) electrons. The molecule has 10 nitrogen and oxygen atoms in total. The van der Waals surface area contributed by atoms with Crippen molar-refractivity contribution in [1.29, 1.82) is 5.26 Å². The molecule has 10 heteroatoms. The van der Waals surface area contributed by atoms with E-state index in [1.807, 2.05) is 38.1 Å². The fourth-order valence-corrected chi connectivity index (χ4v) is 5.71. The highest BCUT2D eigenvalue weighted by molar-refractivity contribution is 6.08. The van der Waals surface area contributed by atoms with Gasteiger partial charge in [-0.1, -0.05) is 0 Å². The van der Waals surface area contributed by atoms with E-state index in [0.717, 1.165) is 54.3 Å². The van der Waals surface area contributed by atoms with Crippen molar-refractivity contribution in [3.63, 3.8) is 0 Å². The third-order valence-corrected chi connectivity index (χ3v) is 7.83. The Morgan fingerprint density at radius 1 is 1.12 bits per heavy atom. The van der Waals surface area contributed by atoms with Crippen LogP contribution in [0.2, 0.25) is 0 Å². The minimum atomic E-state index is -0.795. The Balaban J connectivity index is 1.42. The summed E-state index contributed by atoms with van der Waals surface area (Å²) in [7, 11) is 3.22. The number of ether oxygens (including phenoxy) is 2. The predicted octanol–water partition coefficient (Wildman–Crippen LogP) is 4.21. The molecule has 3 aromatic rings. The lowest BCUT2D eigenvalue weighted by Crippen LogP contribution is -2.38. The zero-order chi connectivity index (χ0) is 28.4. The van der Waals surface area contributed by atoms with Crippen molar-refractivity contribution in [2.45, 2.75) is 44.6 Å². The molecule has 2 aliphatic rings. The van der Waals surface area contributed by atoms with Crippen LogP contribution in [0.3, 0.4) is 0 Å². The Bertz CT molecular complexity index is 1460. The van der Waals surface area contributed by atoms with E-state index in [2.05, 4.69) is 38.2 Å². The first kappa shape index (κ1) is 27.2. The number of nitrogens with one attached hydrogen (secondary N) is 1. The fourth-order valence-electron chi connectivity index (χ4n) is 5.71. The summed E-state index contributed by atoms with van der Waals surface area (Å²) in [5.41, 5.74) is 3.15. The summed E-state index contributed by atoms with van der Waals surface area (Å²) in [6, 6.07) is 11.4. The van der Waals surface area contributed by atoms with Crippen molar-refractivity contribution in [3.05, 3.63) is 66.1 Å². The van der Waals surface area contributed by atoms with E-state index < -0.39 is 5.41 Å². The Morgan fingerprint density at radius 3 is 2.55 bits per heavy atom. The number of anilines is 3. The second-order valence-electron chi connectivity index (χ2n) is 10.5. The molecule has 0 unspecified atom stereocenters. The highest BCUT2D eigenvalue weighted by Gasteiger charge is 2.48. The van der Waals surface area contributed by atoms with Gasteiger partial charge in [-0.2, -0.15) is 5.26 Å². The van der Waals surface area contributed by atoms with Gasteiger partial charge in [0.2, 0.25) is 5.91 Å². The molecular formula is C30H34N7O3. The molecule has 1 N–H and O–H groups in total. The van der Waals surface area contributed by atoms with Crippen LogP contribution in [-0.2, 0) is 16.8 Å². The molecule has 1 amide bonds. The normalized spacial score (nSPS) is 16.4. The maximum Gasteiger partial charge on any atom is 0.238 e. The average Bonchev–Trinajstić information content (AvgIpc) is 3.18. The molecule has 0 saturated carbocycles. The Morgan fingerprint density at radius 2 is 1.88 bits per heavy atom. The van der Waals surface area contributed by atoms with Crippen LogP contribution in [0.5, 0.6) is 11.5 Å². The second kappa shape index (κ2) is 11.0. The van der Waals surface area contributed by atoms with Crippen LogP contribution in [0.1, 0.15) is 55.1 Å². The lowest BCUT2D eigenvalue weighted by molar-refractivity contribution is -0.122. The van der Waals surface area contributed by atoms with Crippen LogP contribution in [0, 0.1) is 18.3 Å². The number of hydrogen-bond acceptors (Lipinski definition) is 9. The van der Waals surface area contributed by atoms with Gasteiger partial charge in [0.05, 0.1) is 43.1 Å². The van der Waals surface area contributed by atoms with E-state index >= 15 is 0 Å². The molecule has 2 aliphatic heterocycles. The second-order valence-corrected chi connectivity index (χ2v) is 10.5. The molecule has 5 rings (SSSR count). The van der Waals surface area contributed by atoms with Crippen molar-refractivity contribution in [3.8, 4) is 17.6 Å². The van der Waals surface area contributed by atoms with Gasteiger partial charge in [-0.25, -0.2) is 15.0 Å². The summed E-state index contributed by atoms with van der Waals surface area (Å²) in [5, 5.41) is 12.7. The fraction of sp³-hybridized carbons (Fsp3) is 0.400. The van der Waals surface area contributed by atoms with Gasteiger partial charge in [0.15, 0.2) is 0 Å². The number of methoxy groups -OCH3 is 2. The molecule has 1 saturated heterocycles. The van der Waals surface area contributed by atoms with E-state index in [0.29, 0.717) is 36.1 Å².